The lowest BCUT2D eigenvalue weighted by molar-refractivity contribution is -0.115. The predicted octanol–water partition coefficient (Wildman–Crippen LogP) is 3.92. The first kappa shape index (κ1) is 15.6. The number of carbonyl (C=O) groups is 1. The van der Waals surface area contributed by atoms with Crippen LogP contribution in [0.25, 0.3) is 6.08 Å². The number of nitrogens with one attached hydrogen (secondary N) is 1. The average Bonchev–Trinajstić information content (AvgIpc) is 2.89. The van der Waals surface area contributed by atoms with Gasteiger partial charge in [-0.05, 0) is 48.5 Å². The number of nitrogens with zero attached hydrogens (tertiary/aromatic N) is 1. The molecule has 1 aliphatic heterocycles. The number of ether oxygens (including phenoxy) is 1. The summed E-state index contributed by atoms with van der Waals surface area (Å²) in [7, 11) is 1.56. The Balaban J connectivity index is 1.98. The van der Waals surface area contributed by atoms with E-state index in [1.165, 1.54) is 0 Å². The van der Waals surface area contributed by atoms with Gasteiger partial charge < -0.3 is 10.1 Å². The van der Waals surface area contributed by atoms with Crippen LogP contribution in [0.5, 0.6) is 5.75 Å². The van der Waals surface area contributed by atoms with Gasteiger partial charge in [-0.2, -0.15) is 0 Å². The van der Waals surface area contributed by atoms with Gasteiger partial charge in [0.05, 0.1) is 7.11 Å². The molecule has 1 N–H and O–H groups in total. The molecule has 4 nitrogen and oxygen atoms in total. The Hall–Kier alpha value is -2.30. The highest BCUT2D eigenvalue weighted by Gasteiger charge is 2.21. The normalized spacial score (nSPS) is 15.5. The highest BCUT2D eigenvalue weighted by atomic mass is 35.5. The van der Waals surface area contributed by atoms with Gasteiger partial charge >= 0.3 is 0 Å². The smallest absolute Gasteiger partial charge is 0.275 e. The van der Waals surface area contributed by atoms with Crippen LogP contribution >= 0.6 is 23.2 Å². The van der Waals surface area contributed by atoms with Crippen molar-refractivity contribution < 1.29 is 9.53 Å². The lowest BCUT2D eigenvalue weighted by atomic mass is 10.1. The topological polar surface area (TPSA) is 50.7 Å². The van der Waals surface area contributed by atoms with Gasteiger partial charge in [0.2, 0.25) is 0 Å². The van der Waals surface area contributed by atoms with E-state index >= 15 is 0 Å². The van der Waals surface area contributed by atoms with Gasteiger partial charge in [-0.3, -0.25) is 4.79 Å². The number of benzene rings is 2. The van der Waals surface area contributed by atoms with Crippen molar-refractivity contribution in [2.75, 3.05) is 7.11 Å². The summed E-state index contributed by atoms with van der Waals surface area (Å²) in [4.78, 5) is 16.5. The van der Waals surface area contributed by atoms with Gasteiger partial charge in [0.25, 0.3) is 5.91 Å². The number of amidine groups is 1. The Kier molecular flexibility index (Phi) is 4.37. The molecule has 0 atom stereocenters. The molecule has 2 aromatic carbocycles. The Labute approximate surface area is 143 Å². The Morgan fingerprint density at radius 3 is 2.48 bits per heavy atom. The average molecular weight is 347 g/mol. The molecule has 23 heavy (non-hydrogen) atoms. The first-order chi connectivity index (χ1) is 11.1. The summed E-state index contributed by atoms with van der Waals surface area (Å²) in [6, 6.07) is 12.3. The van der Waals surface area contributed by atoms with E-state index < -0.39 is 0 Å². The number of carbonyl (C=O) groups excluding carboxylic acids is 1. The van der Waals surface area contributed by atoms with Crippen LogP contribution in [0, 0.1) is 0 Å². The number of rotatable bonds is 3. The molecule has 116 valence electrons. The second kappa shape index (κ2) is 6.44. The third kappa shape index (κ3) is 3.38. The van der Waals surface area contributed by atoms with Gasteiger partial charge in [-0.15, -0.1) is 0 Å². The van der Waals surface area contributed by atoms with Crippen LogP contribution in [0.1, 0.15) is 11.1 Å². The van der Waals surface area contributed by atoms with Crippen LogP contribution in [0.3, 0.4) is 0 Å². The van der Waals surface area contributed by atoms with Crippen LogP contribution in [0.2, 0.25) is 10.0 Å². The monoisotopic (exact) mass is 346 g/mol. The minimum absolute atomic E-state index is 0.281. The van der Waals surface area contributed by atoms with Crippen molar-refractivity contribution in [2.45, 2.75) is 0 Å². The van der Waals surface area contributed by atoms with E-state index in [1.54, 1.807) is 55.7 Å². The number of methoxy groups -OCH3 is 1. The van der Waals surface area contributed by atoms with Gasteiger partial charge in [0.15, 0.2) is 0 Å². The molecule has 1 aliphatic rings. The molecule has 0 unspecified atom stereocenters. The summed E-state index contributed by atoms with van der Waals surface area (Å²) in [5.41, 5.74) is 1.76. The zero-order valence-electron chi connectivity index (χ0n) is 12.1. The van der Waals surface area contributed by atoms with E-state index in [0.29, 0.717) is 27.2 Å². The molecule has 1 heterocycles. The first-order valence-electron chi connectivity index (χ1n) is 6.78. The fourth-order valence-electron chi connectivity index (χ4n) is 2.18. The van der Waals surface area contributed by atoms with Gasteiger partial charge in [-0.25, -0.2) is 4.99 Å². The molecule has 0 bridgehead atoms. The number of amides is 1. The third-order valence-electron chi connectivity index (χ3n) is 3.30. The fourth-order valence-corrected chi connectivity index (χ4v) is 2.48. The molecule has 0 saturated heterocycles. The van der Waals surface area contributed by atoms with Crippen LogP contribution < -0.4 is 10.1 Å². The molecule has 6 heteroatoms. The van der Waals surface area contributed by atoms with Crippen molar-refractivity contribution in [3.05, 3.63) is 69.3 Å². The zero-order valence-corrected chi connectivity index (χ0v) is 13.7. The van der Waals surface area contributed by atoms with E-state index in [-0.39, 0.29) is 11.6 Å². The summed E-state index contributed by atoms with van der Waals surface area (Å²) in [6.07, 6.45) is 1.64. The third-order valence-corrected chi connectivity index (χ3v) is 3.79. The number of halogens is 2. The molecule has 1 amide bonds. The van der Waals surface area contributed by atoms with E-state index in [9.17, 15) is 4.79 Å². The molecule has 0 saturated carbocycles. The van der Waals surface area contributed by atoms with Crippen LogP contribution in [-0.4, -0.2) is 18.9 Å². The molecule has 0 radical (unpaired) electrons. The molecule has 2 aromatic rings. The first-order valence-corrected chi connectivity index (χ1v) is 7.53. The van der Waals surface area contributed by atoms with Gasteiger partial charge in [0.1, 0.15) is 17.3 Å². The summed E-state index contributed by atoms with van der Waals surface area (Å²) in [5, 5.41) is 3.91. The maximum atomic E-state index is 12.1. The summed E-state index contributed by atoms with van der Waals surface area (Å²) < 4.78 is 5.27. The summed E-state index contributed by atoms with van der Waals surface area (Å²) >= 11 is 11.9. The molecular weight excluding hydrogens is 335 g/mol. The molecule has 3 rings (SSSR count). The number of hydrogen-bond donors (Lipinski definition) is 1. The van der Waals surface area contributed by atoms with Crippen molar-refractivity contribution in [1.29, 1.82) is 0 Å². The maximum absolute atomic E-state index is 12.1. The minimum Gasteiger partial charge on any atom is -0.496 e. The molecule has 0 aliphatic carbocycles. The maximum Gasteiger partial charge on any atom is 0.275 e. The second-order valence-electron chi connectivity index (χ2n) is 4.84. The van der Waals surface area contributed by atoms with Crippen molar-refractivity contribution >= 4 is 41.0 Å². The lowest BCUT2D eigenvalue weighted by Crippen LogP contribution is -2.24. The van der Waals surface area contributed by atoms with Crippen LogP contribution in [-0.2, 0) is 4.79 Å². The standard InChI is InChI=1S/C17H12Cl2N2O2/c1-23-15-7-6-13(19)8-11(15)9-14-17(22)21-16(20-14)10-2-4-12(18)5-3-10/h2-9H,1H3,(H,20,21,22)/b14-9+. The lowest BCUT2D eigenvalue weighted by Gasteiger charge is -2.05. The molecule has 0 spiro atoms. The fraction of sp³-hybridized carbons (Fsp3) is 0.0588. The Morgan fingerprint density at radius 2 is 1.78 bits per heavy atom. The van der Waals surface area contributed by atoms with E-state index in [2.05, 4.69) is 10.3 Å². The van der Waals surface area contributed by atoms with Crippen LogP contribution in [0.15, 0.2) is 53.2 Å². The SMILES string of the molecule is COc1ccc(Cl)cc1/C=C1/N=C(c2ccc(Cl)cc2)NC1=O. The van der Waals surface area contributed by atoms with Crippen molar-refractivity contribution in [1.82, 2.24) is 5.32 Å². The summed E-state index contributed by atoms with van der Waals surface area (Å²) in [5.74, 6) is 0.820. The zero-order chi connectivity index (χ0) is 16.4. The quantitative estimate of drug-likeness (QED) is 0.856. The van der Waals surface area contributed by atoms with E-state index in [4.69, 9.17) is 27.9 Å². The van der Waals surface area contributed by atoms with Crippen molar-refractivity contribution in [3.63, 3.8) is 0 Å². The van der Waals surface area contributed by atoms with Crippen molar-refractivity contribution in [2.24, 2.45) is 4.99 Å². The number of aliphatic imine (C=N–C) groups is 1. The van der Waals surface area contributed by atoms with Crippen LogP contribution in [0.4, 0.5) is 0 Å². The van der Waals surface area contributed by atoms with Crippen molar-refractivity contribution in [3.8, 4) is 5.75 Å². The highest BCUT2D eigenvalue weighted by Crippen LogP contribution is 2.26. The second-order valence-corrected chi connectivity index (χ2v) is 5.71. The van der Waals surface area contributed by atoms with E-state index in [0.717, 1.165) is 5.56 Å². The van der Waals surface area contributed by atoms with Gasteiger partial charge in [-0.1, -0.05) is 23.2 Å². The van der Waals surface area contributed by atoms with E-state index in [1.807, 2.05) is 0 Å². The predicted molar refractivity (Wildman–Crippen MR) is 92.1 cm³/mol. The molecule has 0 aromatic heterocycles. The molecule has 0 fully saturated rings. The minimum atomic E-state index is -0.281. The van der Waals surface area contributed by atoms with Gasteiger partial charge in [0, 0.05) is 21.2 Å². The Morgan fingerprint density at radius 1 is 1.09 bits per heavy atom. The molecular formula is C17H12Cl2N2O2. The summed E-state index contributed by atoms with van der Waals surface area (Å²) in [6.45, 7) is 0. The Bertz CT molecular complexity index is 827. The largest absolute Gasteiger partial charge is 0.496 e. The number of hydrogen-bond acceptors (Lipinski definition) is 3. The highest BCUT2D eigenvalue weighted by molar-refractivity contribution is 6.31.